The fourth-order valence-electron chi connectivity index (χ4n) is 1.75. The molecule has 1 atom stereocenters. The van der Waals surface area contributed by atoms with Gasteiger partial charge in [-0.2, -0.15) is 0 Å². The number of unbranched alkanes of at least 4 members (excludes halogenated alkanes) is 1. The summed E-state index contributed by atoms with van der Waals surface area (Å²) in [6.45, 7) is 1.91. The Balaban J connectivity index is 2.90. The number of nitrogens with two attached hydrogens (primary N) is 1. The van der Waals surface area contributed by atoms with Crippen molar-refractivity contribution in [2.75, 3.05) is 5.73 Å². The second-order valence-electron chi connectivity index (χ2n) is 4.54. The molecule has 0 fully saturated rings. The number of nitro groups is 1. The molecule has 0 saturated carbocycles. The fourth-order valence-corrected chi connectivity index (χ4v) is 1.75. The maximum Gasteiger partial charge on any atom is 0.326 e. The van der Waals surface area contributed by atoms with Crippen molar-refractivity contribution < 1.29 is 19.6 Å². The third-order valence-corrected chi connectivity index (χ3v) is 2.94. The number of benzene rings is 1. The summed E-state index contributed by atoms with van der Waals surface area (Å²) in [5.41, 5.74) is 4.99. The number of rotatable bonds is 7. The van der Waals surface area contributed by atoms with Gasteiger partial charge in [-0.25, -0.2) is 4.79 Å². The van der Waals surface area contributed by atoms with Gasteiger partial charge in [-0.05, 0) is 18.6 Å². The van der Waals surface area contributed by atoms with Crippen LogP contribution < -0.4 is 11.1 Å². The fraction of sp³-hybridized carbons (Fsp3) is 0.385. The number of anilines is 1. The van der Waals surface area contributed by atoms with Crippen molar-refractivity contribution in [1.29, 1.82) is 0 Å². The van der Waals surface area contributed by atoms with Gasteiger partial charge in [-0.15, -0.1) is 0 Å². The zero-order valence-electron chi connectivity index (χ0n) is 11.5. The van der Waals surface area contributed by atoms with Crippen LogP contribution in [-0.2, 0) is 4.79 Å². The lowest BCUT2D eigenvalue weighted by Gasteiger charge is -2.14. The first-order chi connectivity index (χ1) is 9.86. The number of carbonyl (C=O) groups excluding carboxylic acids is 1. The number of hydrogen-bond acceptors (Lipinski definition) is 5. The Labute approximate surface area is 121 Å². The summed E-state index contributed by atoms with van der Waals surface area (Å²) < 4.78 is 0. The van der Waals surface area contributed by atoms with Crippen LogP contribution in [0.4, 0.5) is 11.4 Å². The average molecular weight is 295 g/mol. The molecule has 0 aromatic heterocycles. The summed E-state index contributed by atoms with van der Waals surface area (Å²) in [6, 6.07) is 2.57. The van der Waals surface area contributed by atoms with Crippen molar-refractivity contribution in [2.45, 2.75) is 32.2 Å². The molecule has 0 aliphatic rings. The molecule has 0 aliphatic carbocycles. The molecule has 0 spiro atoms. The highest BCUT2D eigenvalue weighted by molar-refractivity contribution is 5.97. The number of nitrogen functional groups attached to an aromatic ring is 1. The Morgan fingerprint density at radius 2 is 2.14 bits per heavy atom. The SMILES string of the molecule is CCCC[C@H](NC(=O)c1ccc(N)c([N+](=O)[O-])c1)C(=O)O. The van der Waals surface area contributed by atoms with Crippen molar-refractivity contribution in [1.82, 2.24) is 5.32 Å². The van der Waals surface area contributed by atoms with Crippen molar-refractivity contribution >= 4 is 23.3 Å². The van der Waals surface area contributed by atoms with Crippen LogP contribution in [0.15, 0.2) is 18.2 Å². The third kappa shape index (κ3) is 4.44. The Kier molecular flexibility index (Phi) is 5.65. The number of carboxylic acid groups (broad SMARTS) is 1. The first-order valence-corrected chi connectivity index (χ1v) is 6.44. The molecule has 1 rings (SSSR count). The van der Waals surface area contributed by atoms with Crippen molar-refractivity contribution in [3.63, 3.8) is 0 Å². The summed E-state index contributed by atoms with van der Waals surface area (Å²) in [5, 5.41) is 22.2. The van der Waals surface area contributed by atoms with E-state index in [0.29, 0.717) is 12.8 Å². The van der Waals surface area contributed by atoms with Gasteiger partial charge in [0.25, 0.3) is 11.6 Å². The summed E-state index contributed by atoms with van der Waals surface area (Å²) in [5.74, 6) is -1.82. The molecule has 0 unspecified atom stereocenters. The number of amides is 1. The normalized spacial score (nSPS) is 11.7. The molecule has 8 heteroatoms. The molecule has 21 heavy (non-hydrogen) atoms. The van der Waals surface area contributed by atoms with Crippen LogP contribution in [0.2, 0.25) is 0 Å². The van der Waals surface area contributed by atoms with Gasteiger partial charge < -0.3 is 16.2 Å². The largest absolute Gasteiger partial charge is 0.480 e. The van der Waals surface area contributed by atoms with Crippen molar-refractivity contribution in [3.05, 3.63) is 33.9 Å². The standard InChI is InChI=1S/C13H17N3O5/c1-2-3-4-10(13(18)19)15-12(17)8-5-6-9(14)11(7-8)16(20)21/h5-7,10H,2-4,14H2,1H3,(H,15,17)(H,18,19)/t10-/m0/s1. The predicted molar refractivity (Wildman–Crippen MR) is 75.9 cm³/mol. The maximum absolute atomic E-state index is 12.0. The van der Waals surface area contributed by atoms with Crippen LogP contribution in [0.3, 0.4) is 0 Å². The smallest absolute Gasteiger partial charge is 0.326 e. The Morgan fingerprint density at radius 3 is 2.67 bits per heavy atom. The molecular weight excluding hydrogens is 278 g/mol. The van der Waals surface area contributed by atoms with Gasteiger partial charge in [0.15, 0.2) is 0 Å². The zero-order chi connectivity index (χ0) is 16.0. The van der Waals surface area contributed by atoms with Gasteiger partial charge >= 0.3 is 5.97 Å². The van der Waals surface area contributed by atoms with Gasteiger partial charge in [0.1, 0.15) is 11.7 Å². The van der Waals surface area contributed by atoms with Crippen molar-refractivity contribution in [2.24, 2.45) is 0 Å². The molecule has 0 radical (unpaired) electrons. The highest BCUT2D eigenvalue weighted by Gasteiger charge is 2.22. The van der Waals surface area contributed by atoms with Crippen molar-refractivity contribution in [3.8, 4) is 0 Å². The van der Waals surface area contributed by atoms with Crippen LogP contribution in [0, 0.1) is 10.1 Å². The molecular formula is C13H17N3O5. The minimum absolute atomic E-state index is 0.00125. The first-order valence-electron chi connectivity index (χ1n) is 6.44. The van der Waals surface area contributed by atoms with E-state index in [9.17, 15) is 19.7 Å². The molecule has 1 amide bonds. The molecule has 8 nitrogen and oxygen atoms in total. The molecule has 4 N–H and O–H groups in total. The second-order valence-corrected chi connectivity index (χ2v) is 4.54. The molecule has 0 bridgehead atoms. The minimum atomic E-state index is -1.14. The lowest BCUT2D eigenvalue weighted by Crippen LogP contribution is -2.40. The van der Waals surface area contributed by atoms with Gasteiger partial charge in [-0.3, -0.25) is 14.9 Å². The second kappa shape index (κ2) is 7.22. The lowest BCUT2D eigenvalue weighted by molar-refractivity contribution is -0.383. The maximum atomic E-state index is 12.0. The van der Waals surface area contributed by atoms with Crippen LogP contribution in [0.5, 0.6) is 0 Å². The van der Waals surface area contributed by atoms with E-state index in [0.717, 1.165) is 12.5 Å². The first kappa shape index (κ1) is 16.4. The number of nitro benzene ring substituents is 1. The van der Waals surface area contributed by atoms with Gasteiger partial charge in [0.2, 0.25) is 0 Å². The van der Waals surface area contributed by atoms with Crippen LogP contribution in [0.1, 0.15) is 36.5 Å². The van der Waals surface area contributed by atoms with E-state index in [-0.39, 0.29) is 16.9 Å². The lowest BCUT2D eigenvalue weighted by atomic mass is 10.1. The summed E-state index contributed by atoms with van der Waals surface area (Å²) in [4.78, 5) is 33.1. The minimum Gasteiger partial charge on any atom is -0.480 e. The topological polar surface area (TPSA) is 136 Å². The molecule has 1 aromatic carbocycles. The number of aliphatic carboxylic acids is 1. The number of hydrogen-bond donors (Lipinski definition) is 3. The predicted octanol–water partition coefficient (Wildman–Crippen LogP) is 1.55. The van der Waals surface area contributed by atoms with E-state index in [4.69, 9.17) is 10.8 Å². The van der Waals surface area contributed by atoms with Crippen LogP contribution in [-0.4, -0.2) is 27.9 Å². The number of carbonyl (C=O) groups is 2. The molecule has 0 saturated heterocycles. The number of carboxylic acids is 1. The monoisotopic (exact) mass is 295 g/mol. The Bertz CT molecular complexity index is 559. The Hall–Kier alpha value is -2.64. The molecule has 1 aromatic rings. The van der Waals surface area contributed by atoms with Gasteiger partial charge in [0.05, 0.1) is 4.92 Å². The van der Waals surface area contributed by atoms with E-state index >= 15 is 0 Å². The Morgan fingerprint density at radius 1 is 1.48 bits per heavy atom. The highest BCUT2D eigenvalue weighted by atomic mass is 16.6. The highest BCUT2D eigenvalue weighted by Crippen LogP contribution is 2.22. The molecule has 114 valence electrons. The summed E-state index contributed by atoms with van der Waals surface area (Å²) >= 11 is 0. The van der Waals surface area contributed by atoms with Gasteiger partial charge in [-0.1, -0.05) is 19.8 Å². The molecule has 0 aliphatic heterocycles. The van der Waals surface area contributed by atoms with E-state index in [1.165, 1.54) is 12.1 Å². The average Bonchev–Trinajstić information content (AvgIpc) is 2.42. The zero-order valence-corrected chi connectivity index (χ0v) is 11.5. The van der Waals surface area contributed by atoms with E-state index in [1.807, 2.05) is 6.92 Å². The van der Waals surface area contributed by atoms with Crippen LogP contribution in [0.25, 0.3) is 0 Å². The molecule has 0 heterocycles. The van der Waals surface area contributed by atoms with Gasteiger partial charge in [0, 0.05) is 11.6 Å². The van der Waals surface area contributed by atoms with E-state index in [1.54, 1.807) is 0 Å². The number of nitrogens with one attached hydrogen (secondary N) is 1. The summed E-state index contributed by atoms with van der Waals surface area (Å²) in [6.07, 6.45) is 1.75. The summed E-state index contributed by atoms with van der Waals surface area (Å²) in [7, 11) is 0. The quantitative estimate of drug-likeness (QED) is 0.396. The number of nitrogens with zero attached hydrogens (tertiary/aromatic N) is 1. The van der Waals surface area contributed by atoms with Crippen LogP contribution >= 0.6 is 0 Å². The third-order valence-electron chi connectivity index (χ3n) is 2.94. The van der Waals surface area contributed by atoms with E-state index < -0.39 is 22.8 Å². The van der Waals surface area contributed by atoms with E-state index in [2.05, 4.69) is 5.32 Å².